The van der Waals surface area contributed by atoms with Gasteiger partial charge in [-0.3, -0.25) is 9.36 Å². The van der Waals surface area contributed by atoms with Crippen molar-refractivity contribution in [3.05, 3.63) is 72.6 Å². The van der Waals surface area contributed by atoms with E-state index in [-0.39, 0.29) is 18.7 Å². The summed E-state index contributed by atoms with van der Waals surface area (Å²) in [6, 6.07) is 20.2. The van der Waals surface area contributed by atoms with Crippen LogP contribution in [0.1, 0.15) is 25.5 Å². The molecule has 0 saturated carbocycles. The molecule has 6 heteroatoms. The Kier molecular flexibility index (Phi) is 4.39. The average molecular weight is 399 g/mol. The van der Waals surface area contributed by atoms with Crippen molar-refractivity contribution in [2.75, 3.05) is 6.79 Å². The maximum absolute atomic E-state index is 11.4. The zero-order valence-electron chi connectivity index (χ0n) is 16.8. The summed E-state index contributed by atoms with van der Waals surface area (Å²) in [5, 5.41) is 2.91. The Morgan fingerprint density at radius 1 is 1.10 bits per heavy atom. The molecule has 1 atom stereocenters. The van der Waals surface area contributed by atoms with Gasteiger partial charge in [0, 0.05) is 18.2 Å². The Morgan fingerprint density at radius 3 is 2.83 bits per heavy atom. The van der Waals surface area contributed by atoms with Crippen LogP contribution in [0.25, 0.3) is 27.8 Å². The molecule has 0 spiro atoms. The van der Waals surface area contributed by atoms with E-state index in [2.05, 4.69) is 33.1 Å². The van der Waals surface area contributed by atoms with Crippen LogP contribution in [0.15, 0.2) is 67.0 Å². The van der Waals surface area contributed by atoms with Crippen LogP contribution in [-0.2, 0) is 4.79 Å². The summed E-state index contributed by atoms with van der Waals surface area (Å²) >= 11 is 0. The number of fused-ring (bicyclic) bond motifs is 2. The van der Waals surface area contributed by atoms with E-state index in [1.165, 1.54) is 6.92 Å². The smallest absolute Gasteiger partial charge is 0.231 e. The molecular weight excluding hydrogens is 378 g/mol. The van der Waals surface area contributed by atoms with Gasteiger partial charge in [-0.05, 0) is 48.4 Å². The number of imidazole rings is 1. The van der Waals surface area contributed by atoms with Crippen LogP contribution in [0, 0.1) is 0 Å². The SMILES string of the molecule is CC(=O)NC(C)c1ccc2c(c1)ncn2-c1cccc(-c2cccc3c2OCO3)c1. The molecule has 1 unspecified atom stereocenters. The van der Waals surface area contributed by atoms with E-state index < -0.39 is 0 Å². The second-order valence-electron chi connectivity index (χ2n) is 7.37. The Hall–Kier alpha value is -3.80. The predicted molar refractivity (Wildman–Crippen MR) is 115 cm³/mol. The van der Waals surface area contributed by atoms with Crippen molar-refractivity contribution >= 4 is 16.9 Å². The lowest BCUT2D eigenvalue weighted by molar-refractivity contribution is -0.119. The van der Waals surface area contributed by atoms with Gasteiger partial charge in [0.15, 0.2) is 11.5 Å². The van der Waals surface area contributed by atoms with Crippen molar-refractivity contribution in [2.45, 2.75) is 19.9 Å². The van der Waals surface area contributed by atoms with Crippen molar-refractivity contribution in [1.29, 1.82) is 0 Å². The summed E-state index contributed by atoms with van der Waals surface area (Å²) in [6.45, 7) is 3.74. The van der Waals surface area contributed by atoms with Crippen molar-refractivity contribution < 1.29 is 14.3 Å². The number of para-hydroxylation sites is 1. The normalized spacial score (nSPS) is 13.4. The largest absolute Gasteiger partial charge is 0.454 e. The number of ether oxygens (including phenoxy) is 2. The standard InChI is InChI=1S/C24H21N3O3/c1-15(26-16(2)28)17-9-10-22-21(12-17)25-13-27(22)19-6-3-5-18(11-19)20-7-4-8-23-24(20)30-14-29-23/h3-13,15H,14H2,1-2H3,(H,26,28). The predicted octanol–water partition coefficient (Wildman–Crippen LogP) is 4.62. The van der Waals surface area contributed by atoms with Crippen molar-refractivity contribution in [3.63, 3.8) is 0 Å². The third kappa shape index (κ3) is 3.16. The Labute approximate surface area is 174 Å². The average Bonchev–Trinajstić information content (AvgIpc) is 3.39. The molecule has 6 nitrogen and oxygen atoms in total. The van der Waals surface area contributed by atoms with Gasteiger partial charge in [0.1, 0.15) is 6.33 Å². The third-order valence-electron chi connectivity index (χ3n) is 5.32. The number of rotatable bonds is 4. The van der Waals surface area contributed by atoms with Gasteiger partial charge in [-0.15, -0.1) is 0 Å². The molecule has 0 radical (unpaired) electrons. The summed E-state index contributed by atoms with van der Waals surface area (Å²) in [5.74, 6) is 1.50. The van der Waals surface area contributed by atoms with Crippen LogP contribution in [0.5, 0.6) is 11.5 Å². The van der Waals surface area contributed by atoms with E-state index in [1.807, 2.05) is 55.7 Å². The molecule has 0 bridgehead atoms. The third-order valence-corrected chi connectivity index (χ3v) is 5.32. The topological polar surface area (TPSA) is 65.4 Å². The number of nitrogens with one attached hydrogen (secondary N) is 1. The first-order chi connectivity index (χ1) is 14.6. The molecule has 150 valence electrons. The molecule has 1 aliphatic heterocycles. The summed E-state index contributed by atoms with van der Waals surface area (Å²) in [4.78, 5) is 15.9. The van der Waals surface area contributed by atoms with Gasteiger partial charge in [0.25, 0.3) is 0 Å². The molecule has 0 saturated heterocycles. The fourth-order valence-corrected chi connectivity index (χ4v) is 3.87. The van der Waals surface area contributed by atoms with E-state index >= 15 is 0 Å². The molecule has 3 aromatic carbocycles. The van der Waals surface area contributed by atoms with E-state index in [0.29, 0.717) is 0 Å². The number of aromatic nitrogens is 2. The van der Waals surface area contributed by atoms with Gasteiger partial charge < -0.3 is 14.8 Å². The minimum absolute atomic E-state index is 0.0493. The lowest BCUT2D eigenvalue weighted by atomic mass is 10.0. The molecule has 2 heterocycles. The van der Waals surface area contributed by atoms with E-state index in [9.17, 15) is 4.79 Å². The van der Waals surface area contributed by atoms with Gasteiger partial charge in [-0.2, -0.15) is 0 Å². The second-order valence-corrected chi connectivity index (χ2v) is 7.37. The van der Waals surface area contributed by atoms with Crippen LogP contribution in [0.3, 0.4) is 0 Å². The highest BCUT2D eigenvalue weighted by atomic mass is 16.7. The Morgan fingerprint density at radius 2 is 1.97 bits per heavy atom. The molecule has 1 amide bonds. The van der Waals surface area contributed by atoms with E-state index in [0.717, 1.165) is 44.9 Å². The van der Waals surface area contributed by atoms with Crippen LogP contribution < -0.4 is 14.8 Å². The zero-order valence-corrected chi connectivity index (χ0v) is 16.8. The van der Waals surface area contributed by atoms with Gasteiger partial charge in [-0.1, -0.05) is 30.3 Å². The van der Waals surface area contributed by atoms with Crippen LogP contribution in [0.4, 0.5) is 0 Å². The molecule has 1 N–H and O–H groups in total. The van der Waals surface area contributed by atoms with Crippen LogP contribution >= 0.6 is 0 Å². The number of benzene rings is 3. The van der Waals surface area contributed by atoms with E-state index in [1.54, 1.807) is 0 Å². The van der Waals surface area contributed by atoms with Gasteiger partial charge in [0.2, 0.25) is 12.7 Å². The number of carbonyl (C=O) groups excluding carboxylic acids is 1. The van der Waals surface area contributed by atoms with Gasteiger partial charge in [0.05, 0.1) is 17.1 Å². The quantitative estimate of drug-likeness (QED) is 0.544. The van der Waals surface area contributed by atoms with Crippen LogP contribution in [0.2, 0.25) is 0 Å². The first-order valence-electron chi connectivity index (χ1n) is 9.84. The fourth-order valence-electron chi connectivity index (χ4n) is 3.87. The zero-order chi connectivity index (χ0) is 20.7. The van der Waals surface area contributed by atoms with Crippen molar-refractivity contribution in [3.8, 4) is 28.3 Å². The highest BCUT2D eigenvalue weighted by Crippen LogP contribution is 2.41. The second kappa shape index (κ2) is 7.22. The maximum atomic E-state index is 11.4. The number of hydrogen-bond donors (Lipinski definition) is 1. The van der Waals surface area contributed by atoms with E-state index in [4.69, 9.17) is 9.47 Å². The minimum Gasteiger partial charge on any atom is -0.454 e. The lowest BCUT2D eigenvalue weighted by Gasteiger charge is -2.13. The van der Waals surface area contributed by atoms with Gasteiger partial charge >= 0.3 is 0 Å². The molecule has 0 fully saturated rings. The number of carbonyl (C=O) groups is 1. The highest BCUT2D eigenvalue weighted by Gasteiger charge is 2.18. The summed E-state index contributed by atoms with van der Waals surface area (Å²) in [6.07, 6.45) is 1.83. The summed E-state index contributed by atoms with van der Waals surface area (Å²) in [5.41, 5.74) is 5.97. The Balaban J connectivity index is 1.53. The number of nitrogens with zero attached hydrogens (tertiary/aromatic N) is 2. The monoisotopic (exact) mass is 399 g/mol. The first kappa shape index (κ1) is 18.2. The molecule has 1 aliphatic rings. The highest BCUT2D eigenvalue weighted by molar-refractivity contribution is 5.80. The molecule has 5 rings (SSSR count). The number of amides is 1. The molecule has 1 aromatic heterocycles. The maximum Gasteiger partial charge on any atom is 0.231 e. The fraction of sp³-hybridized carbons (Fsp3) is 0.167. The molecule has 0 aliphatic carbocycles. The molecule has 30 heavy (non-hydrogen) atoms. The minimum atomic E-state index is -0.0669. The molecular formula is C24H21N3O3. The first-order valence-corrected chi connectivity index (χ1v) is 9.84. The lowest BCUT2D eigenvalue weighted by Crippen LogP contribution is -2.23. The van der Waals surface area contributed by atoms with Crippen LogP contribution in [-0.4, -0.2) is 22.3 Å². The van der Waals surface area contributed by atoms with Crippen molar-refractivity contribution in [2.24, 2.45) is 0 Å². The summed E-state index contributed by atoms with van der Waals surface area (Å²) in [7, 11) is 0. The van der Waals surface area contributed by atoms with Gasteiger partial charge in [-0.25, -0.2) is 4.98 Å². The Bertz CT molecular complexity index is 1260. The van der Waals surface area contributed by atoms with Crippen molar-refractivity contribution in [1.82, 2.24) is 14.9 Å². The summed E-state index contributed by atoms with van der Waals surface area (Å²) < 4.78 is 13.2. The number of hydrogen-bond acceptors (Lipinski definition) is 4. The molecule has 4 aromatic rings.